The normalized spacial score (nSPS) is 29.5. The smallest absolute Gasteiger partial charge is 0.0878 e. The zero-order chi connectivity index (χ0) is 13.9. The molecule has 0 spiro atoms. The van der Waals surface area contributed by atoms with E-state index < -0.39 is 0 Å². The molecular weight excluding hydrogens is 238 g/mol. The number of hydrazine groups is 1. The second-order valence-electron chi connectivity index (χ2n) is 6.69. The van der Waals surface area contributed by atoms with Gasteiger partial charge in [-0.05, 0) is 40.2 Å². The molecule has 108 valence electrons. The minimum absolute atomic E-state index is 0.0482. The Bertz CT molecular complexity index is 353. The van der Waals surface area contributed by atoms with Crippen LogP contribution in [0.1, 0.15) is 40.0 Å². The highest BCUT2D eigenvalue weighted by Gasteiger charge is 2.35. The monoisotopic (exact) mass is 265 g/mol. The third kappa shape index (κ3) is 4.19. The average Bonchev–Trinajstić information content (AvgIpc) is 2.80. The summed E-state index contributed by atoms with van der Waals surface area (Å²) in [5.41, 5.74) is 2.93. The molecule has 2 saturated heterocycles. The van der Waals surface area contributed by atoms with Crippen molar-refractivity contribution in [2.45, 2.75) is 58.2 Å². The predicted molar refractivity (Wildman–Crippen MR) is 77.3 cm³/mol. The van der Waals surface area contributed by atoms with E-state index in [0.717, 1.165) is 19.6 Å². The number of ether oxygens (including phenoxy) is 1. The standard InChI is InChI=1S/C15H27N3O/c1-15(2,3)8-4-7-13(17-16)14-10-18-9-5-6-12(18)11-19-14/h12-14,17H,5-7,9-11,16H2,1-3H3. The van der Waals surface area contributed by atoms with E-state index in [1.165, 1.54) is 19.4 Å². The van der Waals surface area contributed by atoms with Crippen LogP contribution >= 0.6 is 0 Å². The van der Waals surface area contributed by atoms with Crippen molar-refractivity contribution in [3.8, 4) is 11.8 Å². The second-order valence-corrected chi connectivity index (χ2v) is 6.69. The number of rotatable bonds is 3. The lowest BCUT2D eigenvalue weighted by Gasteiger charge is -2.38. The zero-order valence-corrected chi connectivity index (χ0v) is 12.4. The van der Waals surface area contributed by atoms with Gasteiger partial charge in [-0.2, -0.15) is 0 Å². The highest BCUT2D eigenvalue weighted by atomic mass is 16.5. The maximum atomic E-state index is 5.98. The van der Waals surface area contributed by atoms with Gasteiger partial charge in [0.2, 0.25) is 0 Å². The maximum Gasteiger partial charge on any atom is 0.0878 e. The van der Waals surface area contributed by atoms with E-state index in [2.05, 4.69) is 42.9 Å². The molecule has 2 aliphatic rings. The summed E-state index contributed by atoms with van der Waals surface area (Å²) < 4.78 is 5.98. The highest BCUT2D eigenvalue weighted by molar-refractivity contribution is 5.09. The fourth-order valence-electron chi connectivity index (χ4n) is 2.81. The first-order valence-electron chi connectivity index (χ1n) is 7.31. The zero-order valence-electron chi connectivity index (χ0n) is 12.4. The minimum Gasteiger partial charge on any atom is -0.374 e. The number of morpholine rings is 1. The number of hydrogen-bond acceptors (Lipinski definition) is 4. The summed E-state index contributed by atoms with van der Waals surface area (Å²) in [6, 6.07) is 0.756. The van der Waals surface area contributed by atoms with Crippen LogP contribution in [-0.2, 0) is 4.74 Å². The van der Waals surface area contributed by atoms with E-state index in [9.17, 15) is 0 Å². The third-order valence-corrected chi connectivity index (χ3v) is 3.86. The Balaban J connectivity index is 1.88. The predicted octanol–water partition coefficient (Wildman–Crippen LogP) is 1.12. The number of hydrogen-bond donors (Lipinski definition) is 2. The molecule has 0 saturated carbocycles. The molecule has 2 heterocycles. The summed E-state index contributed by atoms with van der Waals surface area (Å²) in [5, 5.41) is 0. The summed E-state index contributed by atoms with van der Waals surface area (Å²) >= 11 is 0. The Hall–Kier alpha value is -0.600. The Labute approximate surface area is 117 Å². The van der Waals surface area contributed by atoms with Gasteiger partial charge in [-0.25, -0.2) is 0 Å². The Kier molecular flexibility index (Phi) is 4.86. The minimum atomic E-state index is 0.0482. The van der Waals surface area contributed by atoms with E-state index in [-0.39, 0.29) is 17.6 Å². The fraction of sp³-hybridized carbons (Fsp3) is 0.867. The van der Waals surface area contributed by atoms with E-state index >= 15 is 0 Å². The van der Waals surface area contributed by atoms with Crippen LogP contribution < -0.4 is 11.3 Å². The van der Waals surface area contributed by atoms with Crippen LogP contribution in [0.15, 0.2) is 0 Å². The second kappa shape index (κ2) is 6.23. The largest absolute Gasteiger partial charge is 0.374 e. The van der Waals surface area contributed by atoms with Gasteiger partial charge in [0.15, 0.2) is 0 Å². The van der Waals surface area contributed by atoms with Gasteiger partial charge >= 0.3 is 0 Å². The van der Waals surface area contributed by atoms with Crippen LogP contribution in [-0.4, -0.2) is 42.8 Å². The van der Waals surface area contributed by atoms with Crippen molar-refractivity contribution in [3.05, 3.63) is 0 Å². The molecule has 0 aromatic carbocycles. The number of nitrogens with zero attached hydrogens (tertiary/aromatic N) is 1. The number of nitrogens with two attached hydrogens (primary N) is 1. The molecule has 0 amide bonds. The Morgan fingerprint density at radius 3 is 2.95 bits per heavy atom. The van der Waals surface area contributed by atoms with Gasteiger partial charge in [0.1, 0.15) is 0 Å². The Morgan fingerprint density at radius 2 is 2.26 bits per heavy atom. The molecule has 0 aliphatic carbocycles. The van der Waals surface area contributed by atoms with Crippen LogP contribution in [0.25, 0.3) is 0 Å². The first-order chi connectivity index (χ1) is 8.99. The van der Waals surface area contributed by atoms with Gasteiger partial charge in [-0.15, -0.1) is 5.92 Å². The summed E-state index contributed by atoms with van der Waals surface area (Å²) in [4.78, 5) is 2.54. The van der Waals surface area contributed by atoms with Crippen molar-refractivity contribution in [2.75, 3.05) is 19.7 Å². The van der Waals surface area contributed by atoms with Gasteiger partial charge in [-0.1, -0.05) is 5.92 Å². The molecule has 2 fully saturated rings. The fourth-order valence-corrected chi connectivity index (χ4v) is 2.81. The topological polar surface area (TPSA) is 50.5 Å². The molecule has 0 radical (unpaired) electrons. The molecule has 19 heavy (non-hydrogen) atoms. The molecule has 0 bridgehead atoms. The van der Waals surface area contributed by atoms with E-state index in [0.29, 0.717) is 6.04 Å². The van der Waals surface area contributed by atoms with Gasteiger partial charge < -0.3 is 4.74 Å². The quantitative estimate of drug-likeness (QED) is 0.456. The molecule has 0 aromatic heterocycles. The van der Waals surface area contributed by atoms with Crippen molar-refractivity contribution in [1.82, 2.24) is 10.3 Å². The van der Waals surface area contributed by atoms with Crippen LogP contribution in [0.3, 0.4) is 0 Å². The molecule has 0 aromatic rings. The third-order valence-electron chi connectivity index (χ3n) is 3.86. The lowest BCUT2D eigenvalue weighted by Crippen LogP contribution is -2.55. The number of fused-ring (bicyclic) bond motifs is 1. The molecule has 4 heteroatoms. The summed E-state index contributed by atoms with van der Waals surface area (Å²) in [6.07, 6.45) is 3.48. The summed E-state index contributed by atoms with van der Waals surface area (Å²) in [6.45, 7) is 9.40. The van der Waals surface area contributed by atoms with Gasteiger partial charge in [-0.3, -0.25) is 16.2 Å². The lowest BCUT2D eigenvalue weighted by molar-refractivity contribution is -0.0637. The maximum absolute atomic E-state index is 5.98. The summed E-state index contributed by atoms with van der Waals surface area (Å²) in [5.74, 6) is 12.2. The molecule has 2 aliphatic heterocycles. The van der Waals surface area contributed by atoms with Crippen molar-refractivity contribution in [3.63, 3.8) is 0 Å². The first-order valence-corrected chi connectivity index (χ1v) is 7.31. The molecule has 3 N–H and O–H groups in total. The average molecular weight is 265 g/mol. The van der Waals surface area contributed by atoms with Crippen LogP contribution in [0.5, 0.6) is 0 Å². The van der Waals surface area contributed by atoms with Gasteiger partial charge in [0, 0.05) is 24.4 Å². The van der Waals surface area contributed by atoms with Gasteiger partial charge in [0.25, 0.3) is 0 Å². The molecule has 4 nitrogen and oxygen atoms in total. The first kappa shape index (κ1) is 14.8. The van der Waals surface area contributed by atoms with Crippen molar-refractivity contribution < 1.29 is 4.74 Å². The highest BCUT2D eigenvalue weighted by Crippen LogP contribution is 2.24. The summed E-state index contributed by atoms with van der Waals surface area (Å²) in [7, 11) is 0. The van der Waals surface area contributed by atoms with E-state index in [1.54, 1.807) is 0 Å². The molecule has 3 unspecified atom stereocenters. The van der Waals surface area contributed by atoms with Crippen LogP contribution in [0.2, 0.25) is 0 Å². The van der Waals surface area contributed by atoms with Gasteiger partial charge in [0.05, 0.1) is 18.8 Å². The lowest BCUT2D eigenvalue weighted by atomic mass is 9.97. The van der Waals surface area contributed by atoms with Crippen LogP contribution in [0.4, 0.5) is 0 Å². The van der Waals surface area contributed by atoms with Crippen molar-refractivity contribution in [1.29, 1.82) is 0 Å². The van der Waals surface area contributed by atoms with E-state index in [4.69, 9.17) is 10.6 Å². The van der Waals surface area contributed by atoms with Crippen LogP contribution in [0, 0.1) is 17.3 Å². The SMILES string of the molecule is CC(C)(C)C#CCC(NN)C1CN2CCCC2CO1. The molecule has 2 rings (SSSR count). The molecular formula is C15H27N3O. The van der Waals surface area contributed by atoms with E-state index in [1.807, 2.05) is 0 Å². The number of nitrogens with one attached hydrogen (secondary N) is 1. The Morgan fingerprint density at radius 1 is 1.47 bits per heavy atom. The van der Waals surface area contributed by atoms with Crippen molar-refractivity contribution >= 4 is 0 Å². The molecule has 3 atom stereocenters. The van der Waals surface area contributed by atoms with Crippen molar-refractivity contribution in [2.24, 2.45) is 11.3 Å².